The SMILES string of the molecule is CNC1CCN(c2ccc(Br)c(C)c2)CC1(C)C. The van der Waals surface area contributed by atoms with Gasteiger partial charge in [0.2, 0.25) is 0 Å². The van der Waals surface area contributed by atoms with E-state index in [1.807, 2.05) is 0 Å². The van der Waals surface area contributed by atoms with Crippen LogP contribution in [0.3, 0.4) is 0 Å². The first-order valence-corrected chi connectivity index (χ1v) is 7.42. The molecule has 1 aromatic carbocycles. The molecule has 0 radical (unpaired) electrons. The summed E-state index contributed by atoms with van der Waals surface area (Å²) in [4.78, 5) is 2.51. The summed E-state index contributed by atoms with van der Waals surface area (Å²) < 4.78 is 1.19. The maximum Gasteiger partial charge on any atom is 0.0369 e. The second-order valence-electron chi connectivity index (χ2n) is 5.97. The van der Waals surface area contributed by atoms with E-state index in [1.54, 1.807) is 0 Å². The Hall–Kier alpha value is -0.540. The second-order valence-corrected chi connectivity index (χ2v) is 6.83. The zero-order chi connectivity index (χ0) is 13.3. The smallest absolute Gasteiger partial charge is 0.0369 e. The predicted molar refractivity (Wildman–Crippen MR) is 82.3 cm³/mol. The van der Waals surface area contributed by atoms with Gasteiger partial charge in [0.1, 0.15) is 0 Å². The van der Waals surface area contributed by atoms with Crippen LogP contribution in [0, 0.1) is 12.3 Å². The summed E-state index contributed by atoms with van der Waals surface area (Å²) in [5.41, 5.74) is 2.97. The van der Waals surface area contributed by atoms with Gasteiger partial charge in [-0.05, 0) is 49.6 Å². The molecule has 1 N–H and O–H groups in total. The molecule has 2 rings (SSSR count). The van der Waals surface area contributed by atoms with Crippen LogP contribution in [0.4, 0.5) is 5.69 Å². The molecule has 1 aromatic rings. The van der Waals surface area contributed by atoms with Crippen molar-refractivity contribution in [2.45, 2.75) is 33.2 Å². The van der Waals surface area contributed by atoms with E-state index >= 15 is 0 Å². The first-order valence-electron chi connectivity index (χ1n) is 6.62. The third-order valence-electron chi connectivity index (χ3n) is 4.08. The molecule has 0 bridgehead atoms. The van der Waals surface area contributed by atoms with Crippen LogP contribution in [-0.4, -0.2) is 26.2 Å². The van der Waals surface area contributed by atoms with E-state index in [0.29, 0.717) is 11.5 Å². The van der Waals surface area contributed by atoms with Gasteiger partial charge in [-0.2, -0.15) is 0 Å². The van der Waals surface area contributed by atoms with Gasteiger partial charge in [-0.25, -0.2) is 0 Å². The quantitative estimate of drug-likeness (QED) is 0.898. The number of hydrogen-bond acceptors (Lipinski definition) is 2. The Balaban J connectivity index is 2.18. The van der Waals surface area contributed by atoms with Crippen molar-refractivity contribution in [2.24, 2.45) is 5.41 Å². The summed E-state index contributed by atoms with van der Waals surface area (Å²) in [6.45, 7) is 9.10. The summed E-state index contributed by atoms with van der Waals surface area (Å²) in [5, 5.41) is 3.45. The van der Waals surface area contributed by atoms with E-state index in [0.717, 1.165) is 13.1 Å². The van der Waals surface area contributed by atoms with E-state index in [1.165, 1.54) is 22.1 Å². The number of benzene rings is 1. The first-order chi connectivity index (χ1) is 8.44. The fraction of sp³-hybridized carbons (Fsp3) is 0.600. The summed E-state index contributed by atoms with van der Waals surface area (Å²) in [6.07, 6.45) is 1.21. The first kappa shape index (κ1) is 13.9. The van der Waals surface area contributed by atoms with Crippen LogP contribution in [0.2, 0.25) is 0 Å². The topological polar surface area (TPSA) is 15.3 Å². The number of aryl methyl sites for hydroxylation is 1. The Morgan fingerprint density at radius 3 is 2.67 bits per heavy atom. The molecule has 18 heavy (non-hydrogen) atoms. The lowest BCUT2D eigenvalue weighted by Crippen LogP contribution is -2.53. The Kier molecular flexibility index (Phi) is 4.02. The molecule has 1 atom stereocenters. The van der Waals surface area contributed by atoms with Crippen LogP contribution >= 0.6 is 15.9 Å². The van der Waals surface area contributed by atoms with Crippen LogP contribution in [-0.2, 0) is 0 Å². The highest BCUT2D eigenvalue weighted by molar-refractivity contribution is 9.10. The lowest BCUT2D eigenvalue weighted by molar-refractivity contribution is 0.215. The van der Waals surface area contributed by atoms with E-state index < -0.39 is 0 Å². The maximum absolute atomic E-state index is 3.57. The zero-order valence-corrected chi connectivity index (χ0v) is 13.3. The van der Waals surface area contributed by atoms with Crippen LogP contribution in [0.15, 0.2) is 22.7 Å². The van der Waals surface area contributed by atoms with E-state index in [2.05, 4.69) is 72.2 Å². The Bertz CT molecular complexity index is 429. The largest absolute Gasteiger partial charge is 0.371 e. The maximum atomic E-state index is 3.57. The average molecular weight is 311 g/mol. The molecule has 1 unspecified atom stereocenters. The summed E-state index contributed by atoms with van der Waals surface area (Å²) in [5.74, 6) is 0. The molecular weight excluding hydrogens is 288 g/mol. The summed E-state index contributed by atoms with van der Waals surface area (Å²) >= 11 is 3.57. The minimum atomic E-state index is 0.313. The number of piperidine rings is 1. The minimum Gasteiger partial charge on any atom is -0.371 e. The third-order valence-corrected chi connectivity index (χ3v) is 4.97. The van der Waals surface area contributed by atoms with Crippen molar-refractivity contribution >= 4 is 21.6 Å². The second kappa shape index (κ2) is 5.22. The van der Waals surface area contributed by atoms with Crippen LogP contribution < -0.4 is 10.2 Å². The molecule has 0 aromatic heterocycles. The number of nitrogens with one attached hydrogen (secondary N) is 1. The molecule has 0 spiro atoms. The van der Waals surface area contributed by atoms with Crippen molar-refractivity contribution in [1.82, 2.24) is 5.32 Å². The van der Waals surface area contributed by atoms with Crippen molar-refractivity contribution in [2.75, 3.05) is 25.0 Å². The molecule has 1 heterocycles. The van der Waals surface area contributed by atoms with Gasteiger partial charge < -0.3 is 10.2 Å². The van der Waals surface area contributed by atoms with Crippen molar-refractivity contribution < 1.29 is 0 Å². The number of anilines is 1. The molecule has 1 saturated heterocycles. The summed E-state index contributed by atoms with van der Waals surface area (Å²) in [6, 6.07) is 7.26. The van der Waals surface area contributed by atoms with E-state index in [-0.39, 0.29) is 0 Å². The van der Waals surface area contributed by atoms with Crippen molar-refractivity contribution in [3.63, 3.8) is 0 Å². The van der Waals surface area contributed by atoms with Gasteiger partial charge >= 0.3 is 0 Å². The van der Waals surface area contributed by atoms with Crippen LogP contribution in [0.5, 0.6) is 0 Å². The lowest BCUT2D eigenvalue weighted by Gasteiger charge is -2.45. The van der Waals surface area contributed by atoms with Gasteiger partial charge in [0, 0.05) is 29.3 Å². The molecule has 1 fully saturated rings. The standard InChI is InChI=1S/C15H23BrN2/c1-11-9-12(5-6-13(11)16)18-8-7-14(17-4)15(2,3)10-18/h5-6,9,14,17H,7-8,10H2,1-4H3. The van der Waals surface area contributed by atoms with Crippen LogP contribution in [0.25, 0.3) is 0 Å². The molecule has 1 aliphatic heterocycles. The fourth-order valence-electron chi connectivity index (χ4n) is 2.94. The highest BCUT2D eigenvalue weighted by Crippen LogP contribution is 2.33. The number of halogens is 1. The Morgan fingerprint density at radius 2 is 2.11 bits per heavy atom. The predicted octanol–water partition coefficient (Wildman–Crippen LogP) is 3.58. The van der Waals surface area contributed by atoms with Gasteiger partial charge in [-0.15, -0.1) is 0 Å². The number of hydrogen-bond donors (Lipinski definition) is 1. The molecule has 2 nitrogen and oxygen atoms in total. The van der Waals surface area contributed by atoms with Gasteiger partial charge in [0.25, 0.3) is 0 Å². The van der Waals surface area contributed by atoms with Crippen molar-refractivity contribution in [3.8, 4) is 0 Å². The zero-order valence-electron chi connectivity index (χ0n) is 11.8. The molecule has 1 aliphatic rings. The third kappa shape index (κ3) is 2.72. The van der Waals surface area contributed by atoms with Gasteiger partial charge in [0.15, 0.2) is 0 Å². The highest BCUT2D eigenvalue weighted by atomic mass is 79.9. The lowest BCUT2D eigenvalue weighted by atomic mass is 9.79. The van der Waals surface area contributed by atoms with Gasteiger partial charge in [-0.1, -0.05) is 29.8 Å². The summed E-state index contributed by atoms with van der Waals surface area (Å²) in [7, 11) is 2.08. The van der Waals surface area contributed by atoms with Crippen molar-refractivity contribution in [3.05, 3.63) is 28.2 Å². The monoisotopic (exact) mass is 310 g/mol. The molecular formula is C15H23BrN2. The van der Waals surface area contributed by atoms with Gasteiger partial charge in [-0.3, -0.25) is 0 Å². The molecule has 3 heteroatoms. The molecule has 100 valence electrons. The number of nitrogens with zero attached hydrogens (tertiary/aromatic N) is 1. The normalized spacial score (nSPS) is 23.2. The fourth-order valence-corrected chi connectivity index (χ4v) is 3.18. The van der Waals surface area contributed by atoms with Crippen molar-refractivity contribution in [1.29, 1.82) is 0 Å². The molecule has 0 amide bonds. The van der Waals surface area contributed by atoms with E-state index in [4.69, 9.17) is 0 Å². The van der Waals surface area contributed by atoms with Crippen LogP contribution in [0.1, 0.15) is 25.8 Å². The number of rotatable bonds is 2. The molecule has 0 aliphatic carbocycles. The Morgan fingerprint density at radius 1 is 1.39 bits per heavy atom. The average Bonchev–Trinajstić information content (AvgIpc) is 2.31. The van der Waals surface area contributed by atoms with Gasteiger partial charge in [0.05, 0.1) is 0 Å². The molecule has 0 saturated carbocycles. The van der Waals surface area contributed by atoms with E-state index in [9.17, 15) is 0 Å². The minimum absolute atomic E-state index is 0.313. The highest BCUT2D eigenvalue weighted by Gasteiger charge is 2.34. The Labute approximate surface area is 119 Å².